The number of nitrogens with one attached hydrogen (secondary N) is 2. The lowest BCUT2D eigenvalue weighted by Gasteiger charge is -2.18. The van der Waals surface area contributed by atoms with Gasteiger partial charge in [0, 0.05) is 40.1 Å². The number of ether oxygens (including phenoxy) is 1. The highest BCUT2D eigenvalue weighted by Gasteiger charge is 2.31. The van der Waals surface area contributed by atoms with Crippen molar-refractivity contribution in [2.24, 2.45) is 0 Å². The van der Waals surface area contributed by atoms with Crippen molar-refractivity contribution in [3.63, 3.8) is 0 Å². The third-order valence-electron chi connectivity index (χ3n) is 5.31. The van der Waals surface area contributed by atoms with E-state index in [1.54, 1.807) is 12.1 Å². The third-order valence-corrected chi connectivity index (χ3v) is 5.31. The van der Waals surface area contributed by atoms with Gasteiger partial charge < -0.3 is 14.7 Å². The van der Waals surface area contributed by atoms with Crippen LogP contribution in [-0.4, -0.2) is 16.3 Å². The molecule has 0 bridgehead atoms. The number of benzene rings is 3. The molecule has 0 saturated heterocycles. The largest absolute Gasteiger partial charge is 0.573 e. The Kier molecular flexibility index (Phi) is 4.28. The molecule has 0 aliphatic heterocycles. The van der Waals surface area contributed by atoms with Gasteiger partial charge in [0.05, 0.1) is 0 Å². The zero-order valence-electron chi connectivity index (χ0n) is 15.7. The van der Waals surface area contributed by atoms with E-state index in [9.17, 15) is 13.2 Å². The Balaban J connectivity index is 1.67. The highest BCUT2D eigenvalue weighted by molar-refractivity contribution is 5.89. The second-order valence-electron chi connectivity index (χ2n) is 7.13. The van der Waals surface area contributed by atoms with Crippen molar-refractivity contribution < 1.29 is 17.9 Å². The van der Waals surface area contributed by atoms with E-state index in [1.165, 1.54) is 12.1 Å². The van der Waals surface area contributed by atoms with Gasteiger partial charge in [-0.05, 0) is 41.0 Å². The number of rotatable bonds is 4. The van der Waals surface area contributed by atoms with Gasteiger partial charge in [-0.15, -0.1) is 13.2 Å². The summed E-state index contributed by atoms with van der Waals surface area (Å²) >= 11 is 0. The average molecular weight is 406 g/mol. The van der Waals surface area contributed by atoms with Crippen LogP contribution in [0.3, 0.4) is 0 Å². The molecule has 3 aromatic carbocycles. The van der Waals surface area contributed by atoms with Gasteiger partial charge in [0.25, 0.3) is 0 Å². The van der Waals surface area contributed by atoms with Crippen molar-refractivity contribution in [3.05, 3.63) is 102 Å². The number of fused-ring (bicyclic) bond motifs is 2. The molecule has 0 spiro atoms. The minimum atomic E-state index is -4.71. The molecule has 2 heterocycles. The minimum Gasteiger partial charge on any atom is -0.406 e. The number of aromatic amines is 2. The molecule has 0 amide bonds. The standard InChI is InChI=1S/C24H17F3N2O/c25-24(26,27)30-16-11-9-15(10-12-16)23(19-13-28-21-7-3-1-5-17(19)21)20-14-29-22-8-4-2-6-18(20)22/h1-14,23,28-29H. The molecule has 2 N–H and O–H groups in total. The first-order valence-electron chi connectivity index (χ1n) is 9.47. The molecule has 5 aromatic rings. The quantitative estimate of drug-likeness (QED) is 0.341. The molecule has 0 atom stereocenters. The molecular weight excluding hydrogens is 389 g/mol. The van der Waals surface area contributed by atoms with E-state index in [2.05, 4.69) is 14.7 Å². The molecule has 0 radical (unpaired) electrons. The zero-order valence-corrected chi connectivity index (χ0v) is 15.7. The van der Waals surface area contributed by atoms with E-state index in [0.717, 1.165) is 38.5 Å². The fraction of sp³-hybridized carbons (Fsp3) is 0.0833. The van der Waals surface area contributed by atoms with Gasteiger partial charge in [0.1, 0.15) is 5.75 Å². The number of H-pyrrole nitrogens is 2. The molecular formula is C24H17F3N2O. The lowest BCUT2D eigenvalue weighted by Crippen LogP contribution is -2.17. The summed E-state index contributed by atoms with van der Waals surface area (Å²) in [7, 11) is 0. The second-order valence-corrected chi connectivity index (χ2v) is 7.13. The van der Waals surface area contributed by atoms with Crippen LogP contribution in [0.5, 0.6) is 5.75 Å². The first-order chi connectivity index (χ1) is 14.5. The Hall–Kier alpha value is -3.67. The van der Waals surface area contributed by atoms with E-state index in [1.807, 2.05) is 60.9 Å². The van der Waals surface area contributed by atoms with Crippen molar-refractivity contribution in [2.75, 3.05) is 0 Å². The van der Waals surface area contributed by atoms with E-state index in [-0.39, 0.29) is 11.7 Å². The summed E-state index contributed by atoms with van der Waals surface area (Å²) < 4.78 is 41.7. The summed E-state index contributed by atoms with van der Waals surface area (Å²) in [5, 5.41) is 2.15. The van der Waals surface area contributed by atoms with Gasteiger partial charge in [0.2, 0.25) is 0 Å². The van der Waals surface area contributed by atoms with Crippen LogP contribution in [0.15, 0.2) is 85.2 Å². The van der Waals surface area contributed by atoms with Crippen LogP contribution in [0, 0.1) is 0 Å². The summed E-state index contributed by atoms with van der Waals surface area (Å²) in [5.74, 6) is -0.403. The van der Waals surface area contributed by atoms with Gasteiger partial charge in [0.15, 0.2) is 0 Å². The topological polar surface area (TPSA) is 40.8 Å². The molecule has 0 aliphatic carbocycles. The Bertz CT molecular complexity index is 1240. The zero-order chi connectivity index (χ0) is 20.7. The molecule has 3 nitrogen and oxygen atoms in total. The van der Waals surface area contributed by atoms with Crippen LogP contribution < -0.4 is 4.74 Å². The number of hydrogen-bond acceptors (Lipinski definition) is 1. The Morgan fingerprint density at radius 2 is 1.17 bits per heavy atom. The minimum absolute atomic E-state index is 0.169. The van der Waals surface area contributed by atoms with Crippen molar-refractivity contribution >= 4 is 21.8 Å². The third kappa shape index (κ3) is 3.30. The highest BCUT2D eigenvalue weighted by atomic mass is 19.4. The maximum absolute atomic E-state index is 12.6. The molecule has 0 fully saturated rings. The van der Waals surface area contributed by atoms with Gasteiger partial charge in [-0.3, -0.25) is 0 Å². The number of halogens is 3. The van der Waals surface area contributed by atoms with Crippen LogP contribution in [0.4, 0.5) is 13.2 Å². The van der Waals surface area contributed by atoms with Crippen LogP contribution in [0.2, 0.25) is 0 Å². The average Bonchev–Trinajstić information content (AvgIpc) is 3.34. The summed E-state index contributed by atoms with van der Waals surface area (Å²) in [6.07, 6.45) is -0.775. The molecule has 5 rings (SSSR count). The number of hydrogen-bond donors (Lipinski definition) is 2. The van der Waals surface area contributed by atoms with E-state index < -0.39 is 6.36 Å². The highest BCUT2D eigenvalue weighted by Crippen LogP contribution is 2.40. The van der Waals surface area contributed by atoms with Crippen molar-refractivity contribution in [3.8, 4) is 5.75 Å². The molecule has 2 aromatic heterocycles. The summed E-state index contributed by atoms with van der Waals surface area (Å²) in [6, 6.07) is 22.1. The van der Waals surface area contributed by atoms with Crippen molar-refractivity contribution in [1.82, 2.24) is 9.97 Å². The van der Waals surface area contributed by atoms with Crippen molar-refractivity contribution in [2.45, 2.75) is 12.3 Å². The predicted octanol–water partition coefficient (Wildman–Crippen LogP) is 6.73. The molecule has 0 aliphatic rings. The number of para-hydroxylation sites is 2. The fourth-order valence-electron chi connectivity index (χ4n) is 4.05. The Labute approximate surface area is 170 Å². The van der Waals surface area contributed by atoms with Gasteiger partial charge >= 0.3 is 6.36 Å². The number of alkyl halides is 3. The number of aromatic nitrogens is 2. The molecule has 30 heavy (non-hydrogen) atoms. The SMILES string of the molecule is FC(F)(F)Oc1ccc(C(c2c[nH]c3ccccc23)c2c[nH]c3ccccc23)cc1. The van der Waals surface area contributed by atoms with Gasteiger partial charge in [-0.1, -0.05) is 48.5 Å². The first kappa shape index (κ1) is 18.4. The Morgan fingerprint density at radius 3 is 1.67 bits per heavy atom. The van der Waals surface area contributed by atoms with E-state index >= 15 is 0 Å². The summed E-state index contributed by atoms with van der Waals surface area (Å²) in [6.45, 7) is 0. The Morgan fingerprint density at radius 1 is 0.667 bits per heavy atom. The van der Waals surface area contributed by atoms with Crippen molar-refractivity contribution in [1.29, 1.82) is 0 Å². The molecule has 0 unspecified atom stereocenters. The van der Waals surface area contributed by atoms with E-state index in [4.69, 9.17) is 0 Å². The monoisotopic (exact) mass is 406 g/mol. The smallest absolute Gasteiger partial charge is 0.406 e. The normalized spacial score (nSPS) is 12.1. The van der Waals surface area contributed by atoms with Gasteiger partial charge in [-0.25, -0.2) is 0 Å². The maximum atomic E-state index is 12.6. The predicted molar refractivity (Wildman–Crippen MR) is 111 cm³/mol. The summed E-state index contributed by atoms with van der Waals surface area (Å²) in [5.41, 5.74) is 5.00. The van der Waals surface area contributed by atoms with Crippen LogP contribution in [0.25, 0.3) is 21.8 Å². The summed E-state index contributed by atoms with van der Waals surface area (Å²) in [4.78, 5) is 6.61. The maximum Gasteiger partial charge on any atom is 0.573 e. The van der Waals surface area contributed by atoms with Gasteiger partial charge in [-0.2, -0.15) is 0 Å². The lowest BCUT2D eigenvalue weighted by molar-refractivity contribution is -0.274. The second kappa shape index (κ2) is 6.99. The first-order valence-corrected chi connectivity index (χ1v) is 9.47. The van der Waals surface area contributed by atoms with Crippen LogP contribution in [0.1, 0.15) is 22.6 Å². The molecule has 150 valence electrons. The van der Waals surface area contributed by atoms with Crippen LogP contribution in [-0.2, 0) is 0 Å². The van der Waals surface area contributed by atoms with E-state index in [0.29, 0.717) is 0 Å². The molecule has 0 saturated carbocycles. The fourth-order valence-corrected chi connectivity index (χ4v) is 4.05. The lowest BCUT2D eigenvalue weighted by atomic mass is 9.85. The molecule has 6 heteroatoms. The van der Waals surface area contributed by atoms with Crippen LogP contribution >= 0.6 is 0 Å².